The predicted molar refractivity (Wildman–Crippen MR) is 127 cm³/mol. The van der Waals surface area contributed by atoms with Crippen LogP contribution in [0.3, 0.4) is 0 Å². The lowest BCUT2D eigenvalue weighted by atomic mass is 10.1. The first-order chi connectivity index (χ1) is 18.0. The minimum Gasteiger partial charge on any atom is -0.467 e. The van der Waals surface area contributed by atoms with Crippen LogP contribution in [0.15, 0.2) is 77.5 Å². The number of anilines is 1. The Bertz CT molecular complexity index is 1570. The summed E-state index contributed by atoms with van der Waals surface area (Å²) in [4.78, 5) is 51.5. The number of amides is 3. The summed E-state index contributed by atoms with van der Waals surface area (Å²) in [6.45, 7) is -0.693. The largest absolute Gasteiger partial charge is 0.467 e. The van der Waals surface area contributed by atoms with Gasteiger partial charge >= 0.3 is 5.97 Å². The number of carbonyl (C=O) groups excluding carboxylic acids is 4. The van der Waals surface area contributed by atoms with Gasteiger partial charge in [-0.05, 0) is 42.5 Å². The molecule has 3 amide bonds. The molecule has 2 aromatic heterocycles. The highest BCUT2D eigenvalue weighted by molar-refractivity contribution is 6.21. The van der Waals surface area contributed by atoms with Crippen LogP contribution in [-0.2, 0) is 16.1 Å². The van der Waals surface area contributed by atoms with Crippen molar-refractivity contribution in [2.24, 2.45) is 0 Å². The van der Waals surface area contributed by atoms with Crippen LogP contribution in [0.2, 0.25) is 0 Å². The molecule has 1 aliphatic heterocycles. The molecule has 37 heavy (non-hydrogen) atoms. The van der Waals surface area contributed by atoms with Gasteiger partial charge in [0.2, 0.25) is 0 Å². The molecule has 0 bridgehead atoms. The summed E-state index contributed by atoms with van der Waals surface area (Å²) in [6, 6.07) is 18.1. The van der Waals surface area contributed by atoms with Gasteiger partial charge in [0.1, 0.15) is 17.4 Å². The maximum Gasteiger partial charge on any atom is 0.338 e. The number of carbonyl (C=O) groups is 4. The standard InChI is InChI=1S/C26H17N5O6/c27-12-17-13-28-31(18-5-2-1-3-6-18)23(17)29-22(32)15-37-26(35)16-8-9-20-21(11-16)25(34)30(24(20)33)14-19-7-4-10-36-19/h1-11,13H,14-15H2,(H,29,32). The fraction of sp³-hybridized carbons (Fsp3) is 0.0769. The van der Waals surface area contributed by atoms with Gasteiger partial charge in [-0.25, -0.2) is 9.48 Å². The van der Waals surface area contributed by atoms with Crippen molar-refractivity contribution in [1.82, 2.24) is 14.7 Å². The summed E-state index contributed by atoms with van der Waals surface area (Å²) >= 11 is 0. The van der Waals surface area contributed by atoms with Gasteiger partial charge in [0.25, 0.3) is 17.7 Å². The average molecular weight is 495 g/mol. The third-order valence-corrected chi connectivity index (χ3v) is 5.58. The van der Waals surface area contributed by atoms with E-state index in [4.69, 9.17) is 9.15 Å². The summed E-state index contributed by atoms with van der Waals surface area (Å²) < 4.78 is 11.7. The van der Waals surface area contributed by atoms with Crippen molar-refractivity contribution in [2.75, 3.05) is 11.9 Å². The maximum atomic E-state index is 12.8. The Morgan fingerprint density at radius 1 is 1.03 bits per heavy atom. The van der Waals surface area contributed by atoms with Crippen molar-refractivity contribution in [3.63, 3.8) is 0 Å². The molecule has 11 heteroatoms. The molecule has 182 valence electrons. The summed E-state index contributed by atoms with van der Waals surface area (Å²) in [5.74, 6) is -2.05. The summed E-state index contributed by atoms with van der Waals surface area (Å²) in [7, 11) is 0. The molecule has 0 atom stereocenters. The van der Waals surface area contributed by atoms with Crippen molar-refractivity contribution in [1.29, 1.82) is 5.26 Å². The molecular formula is C26H17N5O6. The molecule has 0 aliphatic carbocycles. The van der Waals surface area contributed by atoms with Gasteiger partial charge in [-0.15, -0.1) is 0 Å². The van der Waals surface area contributed by atoms with Crippen LogP contribution < -0.4 is 5.32 Å². The third kappa shape index (κ3) is 4.46. The number of imide groups is 1. The topological polar surface area (TPSA) is 148 Å². The molecule has 11 nitrogen and oxygen atoms in total. The van der Waals surface area contributed by atoms with E-state index in [9.17, 15) is 24.4 Å². The molecule has 1 N–H and O–H groups in total. The number of hydrogen-bond donors (Lipinski definition) is 1. The summed E-state index contributed by atoms with van der Waals surface area (Å²) in [5, 5.41) is 16.0. The Labute approximate surface area is 209 Å². The van der Waals surface area contributed by atoms with Gasteiger partial charge < -0.3 is 14.5 Å². The minimum atomic E-state index is -0.861. The minimum absolute atomic E-state index is 0.000380. The highest BCUT2D eigenvalue weighted by atomic mass is 16.5. The zero-order chi connectivity index (χ0) is 25.9. The Morgan fingerprint density at radius 3 is 2.54 bits per heavy atom. The second-order valence-electron chi connectivity index (χ2n) is 7.93. The average Bonchev–Trinajstić information content (AvgIpc) is 3.64. The molecule has 2 aromatic carbocycles. The molecular weight excluding hydrogens is 478 g/mol. The van der Waals surface area contributed by atoms with Gasteiger partial charge in [0, 0.05) is 0 Å². The molecule has 0 radical (unpaired) electrons. The van der Waals surface area contributed by atoms with Crippen LogP contribution >= 0.6 is 0 Å². The first kappa shape index (κ1) is 23.3. The lowest BCUT2D eigenvalue weighted by molar-refractivity contribution is -0.119. The monoisotopic (exact) mass is 495 g/mol. The Kier molecular flexibility index (Phi) is 6.05. The van der Waals surface area contributed by atoms with Gasteiger partial charge in [-0.3, -0.25) is 19.3 Å². The highest BCUT2D eigenvalue weighted by Gasteiger charge is 2.36. The zero-order valence-corrected chi connectivity index (χ0v) is 19.1. The van der Waals surface area contributed by atoms with Crippen LogP contribution in [0.1, 0.15) is 42.4 Å². The number of esters is 1. The number of furan rings is 1. The van der Waals surface area contributed by atoms with E-state index >= 15 is 0 Å². The number of para-hydroxylation sites is 1. The fourth-order valence-electron chi connectivity index (χ4n) is 3.82. The zero-order valence-electron chi connectivity index (χ0n) is 19.1. The molecule has 0 unspecified atom stereocenters. The van der Waals surface area contributed by atoms with E-state index in [1.54, 1.807) is 36.4 Å². The lowest BCUT2D eigenvalue weighted by Gasteiger charge is -2.11. The summed E-state index contributed by atoms with van der Waals surface area (Å²) in [6.07, 6.45) is 2.75. The van der Waals surface area contributed by atoms with E-state index in [0.717, 1.165) is 4.90 Å². The SMILES string of the molecule is N#Cc1cnn(-c2ccccc2)c1NC(=O)COC(=O)c1ccc2c(c1)C(=O)N(Cc1ccco1)C2=O. The van der Waals surface area contributed by atoms with E-state index in [1.807, 2.05) is 12.1 Å². The van der Waals surface area contributed by atoms with Gasteiger partial charge in [0.05, 0.1) is 41.4 Å². The third-order valence-electron chi connectivity index (χ3n) is 5.58. The Balaban J connectivity index is 1.26. The van der Waals surface area contributed by atoms with Crippen LogP contribution in [-0.4, -0.2) is 45.0 Å². The number of rotatable bonds is 7. The Morgan fingerprint density at radius 2 is 1.81 bits per heavy atom. The number of nitrogens with one attached hydrogen (secondary N) is 1. The Hall–Kier alpha value is -5.50. The van der Waals surface area contributed by atoms with Gasteiger partial charge in [0.15, 0.2) is 12.4 Å². The number of benzene rings is 2. The predicted octanol–water partition coefficient (Wildman–Crippen LogP) is 2.93. The van der Waals surface area contributed by atoms with E-state index in [0.29, 0.717) is 11.4 Å². The second-order valence-corrected chi connectivity index (χ2v) is 7.93. The smallest absolute Gasteiger partial charge is 0.338 e. The van der Waals surface area contributed by atoms with Crippen LogP contribution in [0, 0.1) is 11.3 Å². The number of fused-ring (bicyclic) bond motifs is 1. The number of aromatic nitrogens is 2. The number of nitrogens with zero attached hydrogens (tertiary/aromatic N) is 4. The van der Waals surface area contributed by atoms with Crippen molar-refractivity contribution >= 4 is 29.5 Å². The molecule has 0 saturated heterocycles. The number of hydrogen-bond acceptors (Lipinski definition) is 8. The van der Waals surface area contributed by atoms with Crippen molar-refractivity contribution < 1.29 is 28.3 Å². The number of nitriles is 1. The second kappa shape index (κ2) is 9.63. The molecule has 0 spiro atoms. The maximum absolute atomic E-state index is 12.8. The van der Waals surface area contributed by atoms with E-state index in [-0.39, 0.29) is 34.6 Å². The quantitative estimate of drug-likeness (QED) is 0.304. The van der Waals surface area contributed by atoms with Gasteiger partial charge in [-0.1, -0.05) is 18.2 Å². The van der Waals surface area contributed by atoms with E-state index in [1.165, 1.54) is 35.3 Å². The molecule has 1 aliphatic rings. The first-order valence-corrected chi connectivity index (χ1v) is 11.0. The molecule has 5 rings (SSSR count). The van der Waals surface area contributed by atoms with Crippen LogP contribution in [0.5, 0.6) is 0 Å². The normalized spacial score (nSPS) is 12.2. The lowest BCUT2D eigenvalue weighted by Crippen LogP contribution is -2.28. The van der Waals surface area contributed by atoms with E-state index < -0.39 is 30.3 Å². The highest BCUT2D eigenvalue weighted by Crippen LogP contribution is 2.26. The first-order valence-electron chi connectivity index (χ1n) is 11.0. The molecule has 3 heterocycles. The van der Waals surface area contributed by atoms with Crippen molar-refractivity contribution in [3.05, 3.63) is 101 Å². The van der Waals surface area contributed by atoms with Gasteiger partial charge in [-0.2, -0.15) is 10.4 Å². The van der Waals surface area contributed by atoms with Crippen molar-refractivity contribution in [3.8, 4) is 11.8 Å². The molecule has 4 aromatic rings. The molecule has 0 saturated carbocycles. The van der Waals surface area contributed by atoms with Crippen molar-refractivity contribution in [2.45, 2.75) is 6.54 Å². The molecule has 0 fully saturated rings. The number of ether oxygens (including phenoxy) is 1. The van der Waals surface area contributed by atoms with E-state index in [2.05, 4.69) is 10.4 Å². The van der Waals surface area contributed by atoms with Crippen LogP contribution in [0.25, 0.3) is 5.69 Å². The summed E-state index contributed by atoms with van der Waals surface area (Å²) in [5.41, 5.74) is 0.962. The van der Waals surface area contributed by atoms with Crippen LogP contribution in [0.4, 0.5) is 5.82 Å². The fourth-order valence-corrected chi connectivity index (χ4v) is 3.82.